The van der Waals surface area contributed by atoms with Crippen molar-refractivity contribution in [3.8, 4) is 22.9 Å². The zero-order chi connectivity index (χ0) is 32.1. The molecule has 5 heterocycles. The highest BCUT2D eigenvalue weighted by molar-refractivity contribution is 7.23. The van der Waals surface area contributed by atoms with Crippen LogP contribution >= 0.6 is 22.9 Å². The first-order chi connectivity index (χ1) is 22.1. The summed E-state index contributed by atoms with van der Waals surface area (Å²) in [4.78, 5) is 7.79. The summed E-state index contributed by atoms with van der Waals surface area (Å²) in [7, 11) is 0. The number of nitrogens with one attached hydrogen (secondary N) is 1. The minimum atomic E-state index is -2.78. The first kappa shape index (κ1) is 29.6. The van der Waals surface area contributed by atoms with E-state index in [4.69, 9.17) is 26.8 Å². The van der Waals surface area contributed by atoms with Crippen molar-refractivity contribution in [2.75, 3.05) is 37.4 Å². The van der Waals surface area contributed by atoms with E-state index in [9.17, 15) is 22.8 Å². The highest BCUT2D eigenvalue weighted by Crippen LogP contribution is 2.54. The molecule has 8 rings (SSSR count). The molecule has 2 saturated heterocycles. The lowest BCUT2D eigenvalue weighted by Gasteiger charge is -2.33. The van der Waals surface area contributed by atoms with Gasteiger partial charge in [-0.3, -0.25) is 4.90 Å². The minimum Gasteiger partial charge on any atom is -0.462 e. The first-order valence-electron chi connectivity index (χ1n) is 14.8. The van der Waals surface area contributed by atoms with E-state index in [1.165, 1.54) is 17.2 Å². The molecule has 240 valence electrons. The summed E-state index contributed by atoms with van der Waals surface area (Å²) in [5.41, 5.74) is 3.86. The average Bonchev–Trinajstić information content (AvgIpc) is 3.57. The fourth-order valence-electron chi connectivity index (χ4n) is 7.40. The van der Waals surface area contributed by atoms with Gasteiger partial charge < -0.3 is 25.4 Å². The van der Waals surface area contributed by atoms with Crippen LogP contribution in [0.5, 0.6) is 5.75 Å². The number of benzene rings is 2. The van der Waals surface area contributed by atoms with Gasteiger partial charge in [0, 0.05) is 23.9 Å². The predicted molar refractivity (Wildman–Crippen MR) is 164 cm³/mol. The fourth-order valence-corrected chi connectivity index (χ4v) is 8.70. The van der Waals surface area contributed by atoms with Gasteiger partial charge in [0.15, 0.2) is 11.6 Å². The summed E-state index contributed by atoms with van der Waals surface area (Å²) >= 11 is 7.76. The van der Waals surface area contributed by atoms with Crippen LogP contribution in [-0.2, 0) is 4.74 Å². The van der Waals surface area contributed by atoms with Crippen molar-refractivity contribution in [2.24, 2.45) is 4.99 Å². The Morgan fingerprint density at radius 1 is 1.26 bits per heavy atom. The van der Waals surface area contributed by atoms with Crippen molar-refractivity contribution >= 4 is 49.5 Å². The van der Waals surface area contributed by atoms with Gasteiger partial charge in [-0.05, 0) is 43.9 Å². The van der Waals surface area contributed by atoms with Crippen molar-refractivity contribution in [1.82, 2.24) is 9.80 Å². The molecular formula is C31H26ClF5N6O2S. The smallest absolute Gasteiger partial charge is 0.302 e. The molecule has 2 atom stereocenters. The second-order valence-electron chi connectivity index (χ2n) is 12.3. The third kappa shape index (κ3) is 4.14. The highest BCUT2D eigenvalue weighted by atomic mass is 35.5. The molecule has 15 heteroatoms. The van der Waals surface area contributed by atoms with E-state index in [1.54, 1.807) is 0 Å². The van der Waals surface area contributed by atoms with E-state index in [-0.39, 0.29) is 98.9 Å². The summed E-state index contributed by atoms with van der Waals surface area (Å²) in [6.07, 6.45) is -0.452. The average molecular weight is 677 g/mol. The number of thiophene rings is 1. The molecule has 3 fully saturated rings. The molecule has 0 spiro atoms. The maximum atomic E-state index is 17.0. The number of hydrogen-bond acceptors (Lipinski definition) is 9. The van der Waals surface area contributed by atoms with Crippen LogP contribution in [-0.4, -0.2) is 65.7 Å². The van der Waals surface area contributed by atoms with Gasteiger partial charge in [0.1, 0.15) is 47.7 Å². The number of hydrogen-bond donors (Lipinski definition) is 2. The second-order valence-corrected chi connectivity index (χ2v) is 13.8. The van der Waals surface area contributed by atoms with Gasteiger partial charge in [-0.25, -0.2) is 26.9 Å². The zero-order valence-corrected chi connectivity index (χ0v) is 25.7. The minimum absolute atomic E-state index is 0.00203. The SMILES string of the molecule is N#Cc1c(N)sc2c(F)ccc(-c3c(F)c4c5c(c3Cl)NCN=C5N(C3(C(F)F)CC3)C=C(OC[C@@]35CCCN3C[C@H](F)C5)O4)c12. The number of halogens is 6. The van der Waals surface area contributed by atoms with Gasteiger partial charge in [-0.15, -0.1) is 11.3 Å². The number of fused-ring (bicyclic) bond motifs is 2. The molecule has 0 radical (unpaired) electrons. The summed E-state index contributed by atoms with van der Waals surface area (Å²) in [5.74, 6) is -2.27. The third-order valence-electron chi connectivity index (χ3n) is 9.80. The van der Waals surface area contributed by atoms with Gasteiger partial charge >= 0.3 is 5.95 Å². The summed E-state index contributed by atoms with van der Waals surface area (Å²) in [6, 6.07) is 4.41. The zero-order valence-electron chi connectivity index (χ0n) is 24.1. The Morgan fingerprint density at radius 2 is 2.07 bits per heavy atom. The van der Waals surface area contributed by atoms with Crippen LogP contribution in [0.15, 0.2) is 29.3 Å². The highest BCUT2D eigenvalue weighted by Gasteiger charge is 2.58. The van der Waals surface area contributed by atoms with Gasteiger partial charge in [-0.1, -0.05) is 17.7 Å². The van der Waals surface area contributed by atoms with Crippen LogP contribution in [0, 0.1) is 23.0 Å². The number of nitriles is 1. The molecule has 1 aliphatic carbocycles. The molecule has 3 aromatic rings. The van der Waals surface area contributed by atoms with E-state index in [1.807, 2.05) is 11.0 Å². The Labute approximate surface area is 268 Å². The largest absolute Gasteiger partial charge is 0.462 e. The molecule has 0 unspecified atom stereocenters. The van der Waals surface area contributed by atoms with Crippen LogP contribution in [0.3, 0.4) is 0 Å². The maximum absolute atomic E-state index is 17.0. The lowest BCUT2D eigenvalue weighted by Crippen LogP contribution is -2.45. The lowest BCUT2D eigenvalue weighted by atomic mass is 9.94. The first-order valence-corrected chi connectivity index (χ1v) is 16.0. The van der Waals surface area contributed by atoms with E-state index >= 15 is 4.39 Å². The monoisotopic (exact) mass is 676 g/mol. The van der Waals surface area contributed by atoms with Gasteiger partial charge in [0.05, 0.1) is 38.3 Å². The Hall–Kier alpha value is -3.80. The molecule has 46 heavy (non-hydrogen) atoms. The topological polar surface area (TPSA) is 99.1 Å². The van der Waals surface area contributed by atoms with Crippen LogP contribution in [0.25, 0.3) is 21.2 Å². The number of rotatable bonds is 6. The van der Waals surface area contributed by atoms with Crippen LogP contribution in [0.4, 0.5) is 32.6 Å². The standard InChI is InChI=1S/C31H26ClF5N6O2S/c32-22-20(15-2-3-17(34)26-19(15)16(9-38)27(39)46-26)23(35)25-21-24(22)40-13-41-28(21)43(31(5-6-31)29(36)37)11-18(45-25)44-12-30-4-1-7-42(30)10-14(33)8-30/h2-3,11,14,29,40H,1,4-8,10,12-13,39H2/t14-,30+/m1/s1. The predicted octanol–water partition coefficient (Wildman–Crippen LogP) is 6.97. The number of alkyl halides is 3. The van der Waals surface area contributed by atoms with E-state index in [2.05, 4.69) is 10.3 Å². The molecule has 1 aromatic heterocycles. The number of anilines is 2. The Morgan fingerprint density at radius 3 is 2.80 bits per heavy atom. The quantitative estimate of drug-likeness (QED) is 0.272. The molecular weight excluding hydrogens is 651 g/mol. The summed E-state index contributed by atoms with van der Waals surface area (Å²) in [6.45, 7) is 0.913. The third-order valence-corrected chi connectivity index (χ3v) is 11.2. The van der Waals surface area contributed by atoms with Crippen molar-refractivity contribution in [3.05, 3.63) is 52.1 Å². The molecule has 2 aromatic carbocycles. The molecule has 8 nitrogen and oxygen atoms in total. The van der Waals surface area contributed by atoms with Gasteiger partial charge in [0.25, 0.3) is 6.43 Å². The molecule has 0 bridgehead atoms. The fraction of sp³-hybridized carbons (Fsp3) is 0.419. The van der Waals surface area contributed by atoms with Gasteiger partial charge in [-0.2, -0.15) is 5.26 Å². The molecule has 5 aliphatic rings. The number of nitrogens with zero attached hydrogens (tertiary/aromatic N) is 4. The molecule has 4 aliphatic heterocycles. The maximum Gasteiger partial charge on any atom is 0.302 e. The van der Waals surface area contributed by atoms with Crippen molar-refractivity contribution in [1.29, 1.82) is 5.26 Å². The number of ether oxygens (including phenoxy) is 2. The van der Waals surface area contributed by atoms with Crippen LogP contribution in [0.1, 0.15) is 43.2 Å². The van der Waals surface area contributed by atoms with Crippen LogP contribution < -0.4 is 15.8 Å². The summed E-state index contributed by atoms with van der Waals surface area (Å²) in [5, 5.41) is 12.9. The van der Waals surface area contributed by atoms with Crippen LogP contribution in [0.2, 0.25) is 5.02 Å². The normalized spacial score (nSPS) is 24.5. The number of aliphatic imine (C=N–C) groups is 1. The van der Waals surface area contributed by atoms with E-state index in [0.29, 0.717) is 13.0 Å². The number of nitrogens with two attached hydrogens (primary N) is 1. The van der Waals surface area contributed by atoms with Crippen molar-refractivity contribution < 1.29 is 31.4 Å². The summed E-state index contributed by atoms with van der Waals surface area (Å²) < 4.78 is 88.1. The Balaban J connectivity index is 1.31. The van der Waals surface area contributed by atoms with Crippen molar-refractivity contribution in [3.63, 3.8) is 0 Å². The molecule has 1 saturated carbocycles. The number of amidine groups is 1. The van der Waals surface area contributed by atoms with E-state index in [0.717, 1.165) is 23.8 Å². The second kappa shape index (κ2) is 10.4. The Kier molecular flexibility index (Phi) is 6.66. The van der Waals surface area contributed by atoms with Crippen molar-refractivity contribution in [2.45, 2.75) is 55.8 Å². The Bertz CT molecular complexity index is 1920. The lowest BCUT2D eigenvalue weighted by molar-refractivity contribution is 0.0204. The van der Waals surface area contributed by atoms with Gasteiger partial charge in [0.2, 0.25) is 0 Å². The number of nitrogen functional groups attached to an aromatic ring is 1. The van der Waals surface area contributed by atoms with E-state index < -0.39 is 41.1 Å². The molecule has 0 amide bonds. The molecule has 3 N–H and O–H groups in total.